The van der Waals surface area contributed by atoms with Crippen molar-refractivity contribution in [1.29, 1.82) is 0 Å². The lowest BCUT2D eigenvalue weighted by Crippen LogP contribution is -1.99. The van der Waals surface area contributed by atoms with E-state index in [-0.39, 0.29) is 0 Å². The first-order valence-electron chi connectivity index (χ1n) is 7.58. The van der Waals surface area contributed by atoms with E-state index in [0.29, 0.717) is 23.3 Å². The Morgan fingerprint density at radius 2 is 2.17 bits per heavy atom. The molecule has 0 atom stereocenters. The van der Waals surface area contributed by atoms with Gasteiger partial charge in [0, 0.05) is 13.0 Å². The first kappa shape index (κ1) is 15.8. The van der Waals surface area contributed by atoms with E-state index in [2.05, 4.69) is 34.2 Å². The lowest BCUT2D eigenvalue weighted by molar-refractivity contribution is 0.382. The van der Waals surface area contributed by atoms with Gasteiger partial charge in [-0.15, -0.1) is 10.2 Å². The summed E-state index contributed by atoms with van der Waals surface area (Å²) in [5.41, 5.74) is 0. The summed E-state index contributed by atoms with van der Waals surface area (Å²) in [6.45, 7) is 7.07. The van der Waals surface area contributed by atoms with Crippen LogP contribution in [0.4, 0.5) is 0 Å². The Hall–Kier alpha value is -2.09. The van der Waals surface area contributed by atoms with Crippen molar-refractivity contribution in [3.8, 4) is 11.6 Å². The SMILES string of the molecule is CCn1c(SCc2nc(CC(C)C)no2)nnc1-c1ccco1. The van der Waals surface area contributed by atoms with Gasteiger partial charge in [-0.25, -0.2) is 0 Å². The summed E-state index contributed by atoms with van der Waals surface area (Å²) in [4.78, 5) is 4.40. The average molecular weight is 333 g/mol. The molecule has 0 bridgehead atoms. The summed E-state index contributed by atoms with van der Waals surface area (Å²) in [5.74, 6) is 3.88. The molecule has 0 aliphatic heterocycles. The monoisotopic (exact) mass is 333 g/mol. The highest BCUT2D eigenvalue weighted by Crippen LogP contribution is 2.26. The smallest absolute Gasteiger partial charge is 0.237 e. The fourth-order valence-electron chi connectivity index (χ4n) is 2.19. The van der Waals surface area contributed by atoms with Crippen LogP contribution in [0.15, 0.2) is 32.5 Å². The van der Waals surface area contributed by atoms with E-state index < -0.39 is 0 Å². The molecule has 0 aliphatic rings. The molecule has 122 valence electrons. The molecular formula is C15H19N5O2S. The number of furan rings is 1. The van der Waals surface area contributed by atoms with E-state index in [1.54, 1.807) is 6.26 Å². The standard InChI is InChI=1S/C15H19N5O2S/c1-4-20-14(11-6-5-7-21-11)17-18-15(20)23-9-13-16-12(19-22-13)8-10(2)3/h5-7,10H,4,8-9H2,1-3H3. The first-order chi connectivity index (χ1) is 11.2. The maximum atomic E-state index is 5.40. The van der Waals surface area contributed by atoms with Gasteiger partial charge in [-0.3, -0.25) is 4.57 Å². The van der Waals surface area contributed by atoms with E-state index in [9.17, 15) is 0 Å². The number of hydrogen-bond donors (Lipinski definition) is 0. The normalized spacial score (nSPS) is 11.5. The van der Waals surface area contributed by atoms with Crippen LogP contribution in [0.1, 0.15) is 32.5 Å². The van der Waals surface area contributed by atoms with Gasteiger partial charge in [0.05, 0.1) is 12.0 Å². The molecule has 3 rings (SSSR count). The van der Waals surface area contributed by atoms with E-state index in [4.69, 9.17) is 8.94 Å². The third-order valence-electron chi connectivity index (χ3n) is 3.20. The van der Waals surface area contributed by atoms with Crippen molar-refractivity contribution in [1.82, 2.24) is 24.9 Å². The van der Waals surface area contributed by atoms with Gasteiger partial charge in [0.25, 0.3) is 0 Å². The van der Waals surface area contributed by atoms with Gasteiger partial charge in [0.2, 0.25) is 5.89 Å². The zero-order valence-corrected chi connectivity index (χ0v) is 14.2. The summed E-state index contributed by atoms with van der Waals surface area (Å²) in [5, 5.41) is 13.3. The fraction of sp³-hybridized carbons (Fsp3) is 0.467. The van der Waals surface area contributed by atoms with E-state index >= 15 is 0 Å². The number of rotatable bonds is 7. The Morgan fingerprint density at radius 1 is 1.30 bits per heavy atom. The van der Waals surface area contributed by atoms with Gasteiger partial charge in [-0.2, -0.15) is 4.98 Å². The molecule has 8 heteroatoms. The van der Waals surface area contributed by atoms with Crippen LogP contribution in [0.5, 0.6) is 0 Å². The van der Waals surface area contributed by atoms with Crippen LogP contribution in [0.3, 0.4) is 0 Å². The zero-order chi connectivity index (χ0) is 16.2. The highest BCUT2D eigenvalue weighted by molar-refractivity contribution is 7.98. The Bertz CT molecular complexity index is 748. The molecule has 0 amide bonds. The lowest BCUT2D eigenvalue weighted by atomic mass is 10.1. The number of hydrogen-bond acceptors (Lipinski definition) is 7. The van der Waals surface area contributed by atoms with E-state index in [1.807, 2.05) is 23.6 Å². The number of aromatic nitrogens is 5. The Labute approximate surface area is 138 Å². The van der Waals surface area contributed by atoms with Gasteiger partial charge < -0.3 is 8.94 Å². The van der Waals surface area contributed by atoms with Crippen molar-refractivity contribution < 1.29 is 8.94 Å². The van der Waals surface area contributed by atoms with Crippen molar-refractivity contribution in [3.63, 3.8) is 0 Å². The fourth-order valence-corrected chi connectivity index (χ4v) is 3.03. The van der Waals surface area contributed by atoms with Gasteiger partial charge in [-0.1, -0.05) is 30.8 Å². The maximum Gasteiger partial charge on any atom is 0.237 e. The van der Waals surface area contributed by atoms with E-state index in [0.717, 1.165) is 29.8 Å². The maximum absolute atomic E-state index is 5.40. The average Bonchev–Trinajstić information content (AvgIpc) is 3.24. The van der Waals surface area contributed by atoms with E-state index in [1.165, 1.54) is 11.8 Å². The minimum absolute atomic E-state index is 0.507. The van der Waals surface area contributed by atoms with Gasteiger partial charge in [0.1, 0.15) is 0 Å². The number of thioether (sulfide) groups is 1. The molecule has 0 saturated carbocycles. The second-order valence-corrected chi connectivity index (χ2v) is 6.46. The first-order valence-corrected chi connectivity index (χ1v) is 8.57. The van der Waals surface area contributed by atoms with Gasteiger partial charge in [0.15, 0.2) is 22.6 Å². The highest BCUT2D eigenvalue weighted by atomic mass is 32.2. The third kappa shape index (κ3) is 3.64. The molecule has 0 spiro atoms. The molecule has 0 radical (unpaired) electrons. The molecule has 0 saturated heterocycles. The Balaban J connectivity index is 1.70. The predicted molar refractivity (Wildman–Crippen MR) is 85.8 cm³/mol. The molecule has 3 aromatic rings. The molecule has 7 nitrogen and oxygen atoms in total. The molecular weight excluding hydrogens is 314 g/mol. The van der Waals surface area contributed by atoms with Crippen LogP contribution in [-0.2, 0) is 18.7 Å². The van der Waals surface area contributed by atoms with Crippen LogP contribution in [0, 0.1) is 5.92 Å². The van der Waals surface area contributed by atoms with Gasteiger partial charge >= 0.3 is 0 Å². The quantitative estimate of drug-likeness (QED) is 0.612. The summed E-state index contributed by atoms with van der Waals surface area (Å²) < 4.78 is 12.7. The second kappa shape index (κ2) is 6.99. The molecule has 0 fully saturated rings. The topological polar surface area (TPSA) is 82.8 Å². The Morgan fingerprint density at radius 3 is 2.87 bits per heavy atom. The Kier molecular flexibility index (Phi) is 4.80. The second-order valence-electron chi connectivity index (χ2n) is 5.52. The summed E-state index contributed by atoms with van der Waals surface area (Å²) >= 11 is 1.53. The summed E-state index contributed by atoms with van der Waals surface area (Å²) in [6.07, 6.45) is 2.45. The molecule has 3 aromatic heterocycles. The molecule has 23 heavy (non-hydrogen) atoms. The molecule has 3 heterocycles. The minimum Gasteiger partial charge on any atom is -0.461 e. The van der Waals surface area contributed by atoms with Gasteiger partial charge in [-0.05, 0) is 25.0 Å². The van der Waals surface area contributed by atoms with Crippen LogP contribution >= 0.6 is 11.8 Å². The van der Waals surface area contributed by atoms with Crippen molar-refractivity contribution >= 4 is 11.8 Å². The molecule has 0 N–H and O–H groups in total. The van der Waals surface area contributed by atoms with Crippen LogP contribution in [0.2, 0.25) is 0 Å². The predicted octanol–water partition coefficient (Wildman–Crippen LogP) is 3.43. The van der Waals surface area contributed by atoms with Crippen molar-refractivity contribution in [3.05, 3.63) is 30.1 Å². The summed E-state index contributed by atoms with van der Waals surface area (Å²) in [6, 6.07) is 3.71. The lowest BCUT2D eigenvalue weighted by Gasteiger charge is -2.04. The molecule has 0 aromatic carbocycles. The minimum atomic E-state index is 0.507. The van der Waals surface area contributed by atoms with Crippen LogP contribution in [0.25, 0.3) is 11.6 Å². The highest BCUT2D eigenvalue weighted by Gasteiger charge is 2.16. The van der Waals surface area contributed by atoms with Crippen LogP contribution < -0.4 is 0 Å². The third-order valence-corrected chi connectivity index (χ3v) is 4.15. The summed E-state index contributed by atoms with van der Waals surface area (Å²) in [7, 11) is 0. The zero-order valence-electron chi connectivity index (χ0n) is 13.4. The number of nitrogens with zero attached hydrogens (tertiary/aromatic N) is 5. The molecule has 0 unspecified atom stereocenters. The van der Waals surface area contributed by atoms with Crippen LogP contribution in [-0.4, -0.2) is 24.9 Å². The van der Waals surface area contributed by atoms with Crippen molar-refractivity contribution in [2.24, 2.45) is 5.92 Å². The molecule has 0 aliphatic carbocycles. The van der Waals surface area contributed by atoms with Crippen molar-refractivity contribution in [2.75, 3.05) is 0 Å². The largest absolute Gasteiger partial charge is 0.461 e. The van der Waals surface area contributed by atoms with Crippen molar-refractivity contribution in [2.45, 2.75) is 44.6 Å².